The van der Waals surface area contributed by atoms with E-state index in [0.29, 0.717) is 24.1 Å². The third kappa shape index (κ3) is 3.32. The summed E-state index contributed by atoms with van der Waals surface area (Å²) in [6.07, 6.45) is 0.592. The van der Waals surface area contributed by atoms with Crippen LogP contribution in [0.4, 0.5) is 0 Å². The molecular weight excluding hydrogens is 242 g/mol. The van der Waals surface area contributed by atoms with Gasteiger partial charge in [0.1, 0.15) is 5.75 Å². The molecule has 1 atom stereocenters. The first-order valence-corrected chi connectivity index (χ1v) is 6.32. The lowest BCUT2D eigenvalue weighted by Crippen LogP contribution is -2.28. The average Bonchev–Trinajstić information content (AvgIpc) is 2.87. The molecule has 19 heavy (non-hydrogen) atoms. The molecule has 0 aliphatic carbocycles. The van der Waals surface area contributed by atoms with E-state index in [1.54, 1.807) is 7.11 Å². The normalized spacial score (nSPS) is 12.7. The van der Waals surface area contributed by atoms with Crippen molar-refractivity contribution >= 4 is 0 Å². The summed E-state index contributed by atoms with van der Waals surface area (Å²) in [5.41, 5.74) is 6.86. The van der Waals surface area contributed by atoms with Crippen LogP contribution in [0.25, 0.3) is 11.4 Å². The van der Waals surface area contributed by atoms with Crippen LogP contribution in [0, 0.1) is 5.92 Å². The molecule has 0 aliphatic rings. The van der Waals surface area contributed by atoms with E-state index < -0.39 is 0 Å². The Morgan fingerprint density at radius 2 is 2.16 bits per heavy atom. The van der Waals surface area contributed by atoms with Crippen LogP contribution in [0.15, 0.2) is 28.8 Å². The topological polar surface area (TPSA) is 74.2 Å². The van der Waals surface area contributed by atoms with Crippen LogP contribution in [-0.4, -0.2) is 23.3 Å². The Labute approximate surface area is 112 Å². The van der Waals surface area contributed by atoms with Gasteiger partial charge in [-0.05, 0) is 18.1 Å². The molecule has 5 heteroatoms. The number of methoxy groups -OCH3 is 1. The van der Waals surface area contributed by atoms with Gasteiger partial charge < -0.3 is 15.0 Å². The van der Waals surface area contributed by atoms with E-state index in [2.05, 4.69) is 24.0 Å². The summed E-state index contributed by atoms with van der Waals surface area (Å²) in [4.78, 5) is 4.36. The predicted molar refractivity (Wildman–Crippen MR) is 72.8 cm³/mol. The molecule has 102 valence electrons. The van der Waals surface area contributed by atoms with E-state index >= 15 is 0 Å². The number of rotatable bonds is 5. The van der Waals surface area contributed by atoms with Crippen LogP contribution >= 0.6 is 0 Å². The zero-order valence-corrected chi connectivity index (χ0v) is 11.5. The SMILES string of the molecule is COc1cccc(-c2noc(CC(N)C(C)C)n2)c1. The molecule has 0 fully saturated rings. The van der Waals surface area contributed by atoms with Gasteiger partial charge in [-0.25, -0.2) is 0 Å². The van der Waals surface area contributed by atoms with Gasteiger partial charge >= 0.3 is 0 Å². The molecule has 1 heterocycles. The monoisotopic (exact) mass is 261 g/mol. The fraction of sp³-hybridized carbons (Fsp3) is 0.429. The summed E-state index contributed by atoms with van der Waals surface area (Å²) in [5, 5.41) is 3.98. The predicted octanol–water partition coefficient (Wildman–Crippen LogP) is 2.27. The number of nitrogens with two attached hydrogens (primary N) is 1. The van der Waals surface area contributed by atoms with Gasteiger partial charge in [0, 0.05) is 18.0 Å². The molecule has 0 aliphatic heterocycles. The van der Waals surface area contributed by atoms with Gasteiger partial charge in [0.2, 0.25) is 11.7 Å². The maximum atomic E-state index is 5.99. The van der Waals surface area contributed by atoms with E-state index in [9.17, 15) is 0 Å². The lowest BCUT2D eigenvalue weighted by atomic mass is 10.0. The van der Waals surface area contributed by atoms with Gasteiger partial charge in [-0.1, -0.05) is 31.1 Å². The van der Waals surface area contributed by atoms with E-state index in [0.717, 1.165) is 11.3 Å². The van der Waals surface area contributed by atoms with Gasteiger partial charge in [-0.15, -0.1) is 0 Å². The lowest BCUT2D eigenvalue weighted by Gasteiger charge is -2.11. The number of hydrogen-bond donors (Lipinski definition) is 1. The second-order valence-corrected chi connectivity index (χ2v) is 4.86. The highest BCUT2D eigenvalue weighted by molar-refractivity contribution is 5.56. The summed E-state index contributed by atoms with van der Waals surface area (Å²) in [5.74, 6) is 2.28. The minimum Gasteiger partial charge on any atom is -0.497 e. The molecule has 0 spiro atoms. The second kappa shape index (κ2) is 5.84. The summed E-state index contributed by atoms with van der Waals surface area (Å²) in [6.45, 7) is 4.15. The molecule has 5 nitrogen and oxygen atoms in total. The molecule has 1 aromatic heterocycles. The third-order valence-electron chi connectivity index (χ3n) is 3.06. The number of aromatic nitrogens is 2. The van der Waals surface area contributed by atoms with E-state index in [4.69, 9.17) is 15.0 Å². The second-order valence-electron chi connectivity index (χ2n) is 4.86. The van der Waals surface area contributed by atoms with E-state index in [1.807, 2.05) is 24.3 Å². The molecule has 0 saturated heterocycles. The van der Waals surface area contributed by atoms with Gasteiger partial charge in [-0.3, -0.25) is 0 Å². The van der Waals surface area contributed by atoms with E-state index in [-0.39, 0.29) is 6.04 Å². The van der Waals surface area contributed by atoms with Crippen molar-refractivity contribution in [3.05, 3.63) is 30.2 Å². The molecule has 0 radical (unpaired) electrons. The van der Waals surface area contributed by atoms with Crippen molar-refractivity contribution < 1.29 is 9.26 Å². The van der Waals surface area contributed by atoms with Crippen LogP contribution < -0.4 is 10.5 Å². The smallest absolute Gasteiger partial charge is 0.228 e. The lowest BCUT2D eigenvalue weighted by molar-refractivity contribution is 0.353. The maximum Gasteiger partial charge on any atom is 0.228 e. The Morgan fingerprint density at radius 3 is 2.84 bits per heavy atom. The Hall–Kier alpha value is -1.88. The summed E-state index contributed by atoms with van der Waals surface area (Å²) >= 11 is 0. The third-order valence-corrected chi connectivity index (χ3v) is 3.06. The number of benzene rings is 1. The molecule has 0 amide bonds. The summed E-state index contributed by atoms with van der Waals surface area (Å²) in [7, 11) is 1.63. The summed E-state index contributed by atoms with van der Waals surface area (Å²) in [6, 6.07) is 7.58. The fourth-order valence-electron chi connectivity index (χ4n) is 1.65. The van der Waals surface area contributed by atoms with Crippen molar-refractivity contribution in [2.45, 2.75) is 26.3 Å². The van der Waals surface area contributed by atoms with Gasteiger partial charge in [0.15, 0.2) is 0 Å². The fourth-order valence-corrected chi connectivity index (χ4v) is 1.65. The highest BCUT2D eigenvalue weighted by atomic mass is 16.5. The zero-order chi connectivity index (χ0) is 13.8. The molecule has 0 bridgehead atoms. The van der Waals surface area contributed by atoms with Crippen molar-refractivity contribution in [2.24, 2.45) is 11.7 Å². The molecule has 2 aromatic rings. The van der Waals surface area contributed by atoms with Crippen LogP contribution in [0.1, 0.15) is 19.7 Å². The van der Waals surface area contributed by atoms with Crippen molar-refractivity contribution in [2.75, 3.05) is 7.11 Å². The first-order valence-electron chi connectivity index (χ1n) is 6.32. The molecule has 0 saturated carbocycles. The number of ether oxygens (including phenoxy) is 1. The zero-order valence-electron chi connectivity index (χ0n) is 11.5. The van der Waals surface area contributed by atoms with Crippen molar-refractivity contribution in [3.8, 4) is 17.1 Å². The van der Waals surface area contributed by atoms with Crippen LogP contribution in [0.3, 0.4) is 0 Å². The van der Waals surface area contributed by atoms with Gasteiger partial charge in [0.25, 0.3) is 0 Å². The van der Waals surface area contributed by atoms with E-state index in [1.165, 1.54) is 0 Å². The highest BCUT2D eigenvalue weighted by Crippen LogP contribution is 2.21. The van der Waals surface area contributed by atoms with Crippen molar-refractivity contribution in [1.82, 2.24) is 10.1 Å². The van der Waals surface area contributed by atoms with Crippen LogP contribution in [-0.2, 0) is 6.42 Å². The molecular formula is C14H19N3O2. The molecule has 2 N–H and O–H groups in total. The van der Waals surface area contributed by atoms with Crippen molar-refractivity contribution in [3.63, 3.8) is 0 Å². The minimum atomic E-state index is 0.0265. The molecule has 1 aromatic carbocycles. The van der Waals surface area contributed by atoms with Crippen LogP contribution in [0.5, 0.6) is 5.75 Å². The first-order chi connectivity index (χ1) is 9.10. The number of nitrogens with zero attached hydrogens (tertiary/aromatic N) is 2. The Bertz CT molecular complexity index is 537. The molecule has 1 unspecified atom stereocenters. The van der Waals surface area contributed by atoms with Crippen molar-refractivity contribution in [1.29, 1.82) is 0 Å². The first kappa shape index (κ1) is 13.5. The average molecular weight is 261 g/mol. The van der Waals surface area contributed by atoms with Gasteiger partial charge in [-0.2, -0.15) is 4.98 Å². The maximum absolute atomic E-state index is 5.99. The largest absolute Gasteiger partial charge is 0.497 e. The standard InChI is InChI=1S/C14H19N3O2/c1-9(2)12(15)8-13-16-14(17-19-13)10-5-4-6-11(7-10)18-3/h4-7,9,12H,8,15H2,1-3H3. The molecule has 2 rings (SSSR count). The highest BCUT2D eigenvalue weighted by Gasteiger charge is 2.15. The quantitative estimate of drug-likeness (QED) is 0.893. The Morgan fingerprint density at radius 1 is 1.37 bits per heavy atom. The Kier molecular flexibility index (Phi) is 4.16. The van der Waals surface area contributed by atoms with Gasteiger partial charge in [0.05, 0.1) is 7.11 Å². The summed E-state index contributed by atoms with van der Waals surface area (Å²) < 4.78 is 10.4. The number of hydrogen-bond acceptors (Lipinski definition) is 5. The minimum absolute atomic E-state index is 0.0265. The van der Waals surface area contributed by atoms with Crippen LogP contribution in [0.2, 0.25) is 0 Å². The Balaban J connectivity index is 2.16.